The highest BCUT2D eigenvalue weighted by atomic mass is 32.2. The molecule has 20 heavy (non-hydrogen) atoms. The number of nitrogens with two attached hydrogens (primary N) is 1. The second-order valence-electron chi connectivity index (χ2n) is 4.38. The Kier molecular flexibility index (Phi) is 4.37. The molecule has 2 N–H and O–H groups in total. The zero-order chi connectivity index (χ0) is 14.6. The Morgan fingerprint density at radius 3 is 2.60 bits per heavy atom. The molecule has 106 valence electrons. The fraction of sp³-hybridized carbons (Fsp3) is 0.385. The van der Waals surface area contributed by atoms with Crippen LogP contribution in [-0.2, 0) is 9.84 Å². The summed E-state index contributed by atoms with van der Waals surface area (Å²) in [4.78, 5) is 17.7. The molecule has 0 atom stereocenters. The van der Waals surface area contributed by atoms with Crippen molar-refractivity contribution < 1.29 is 13.2 Å². The molecule has 0 aromatic carbocycles. The minimum atomic E-state index is -2.99. The van der Waals surface area contributed by atoms with Crippen molar-refractivity contribution in [2.24, 2.45) is 5.73 Å². The van der Waals surface area contributed by atoms with Gasteiger partial charge >= 0.3 is 0 Å². The zero-order valence-electron chi connectivity index (χ0n) is 10.9. The van der Waals surface area contributed by atoms with Crippen LogP contribution < -0.4 is 5.73 Å². The van der Waals surface area contributed by atoms with Gasteiger partial charge in [0.1, 0.15) is 5.69 Å². The third kappa shape index (κ3) is 3.56. The minimum Gasteiger partial charge on any atom is -0.335 e. The molecular weight excluding hydrogens is 278 g/mol. The van der Waals surface area contributed by atoms with Crippen molar-refractivity contribution in [3.63, 3.8) is 0 Å². The highest BCUT2D eigenvalue weighted by molar-refractivity contribution is 7.91. The first-order valence-electron chi connectivity index (χ1n) is 6.16. The molecule has 0 unspecified atom stereocenters. The van der Waals surface area contributed by atoms with Crippen LogP contribution in [0.1, 0.15) is 16.1 Å². The second kappa shape index (κ2) is 6.03. The molecule has 0 bridgehead atoms. The Morgan fingerprint density at radius 1 is 1.35 bits per heavy atom. The van der Waals surface area contributed by atoms with Crippen LogP contribution in [0.3, 0.4) is 0 Å². The average molecular weight is 293 g/mol. The van der Waals surface area contributed by atoms with Crippen molar-refractivity contribution in [2.45, 2.75) is 0 Å². The average Bonchev–Trinajstić information content (AvgIpc) is 2.45. The maximum absolute atomic E-state index is 12.1. The maximum atomic E-state index is 12.1. The standard InChI is InChI=1S/C13H15N3O3S/c14-5-1-2-11-3-4-12(15-10-11)13(17)16-6-8-20(18,19)9-7-16/h3-4,10H,5-9,14H2. The van der Waals surface area contributed by atoms with E-state index in [1.807, 2.05) is 0 Å². The molecule has 0 radical (unpaired) electrons. The maximum Gasteiger partial charge on any atom is 0.272 e. The van der Waals surface area contributed by atoms with Crippen molar-refractivity contribution in [3.05, 3.63) is 29.6 Å². The van der Waals surface area contributed by atoms with Gasteiger partial charge in [-0.3, -0.25) is 4.79 Å². The summed E-state index contributed by atoms with van der Waals surface area (Å²) in [6.45, 7) is 0.706. The van der Waals surface area contributed by atoms with E-state index in [-0.39, 0.29) is 37.0 Å². The van der Waals surface area contributed by atoms with E-state index in [4.69, 9.17) is 5.73 Å². The summed E-state index contributed by atoms with van der Waals surface area (Å²) >= 11 is 0. The summed E-state index contributed by atoms with van der Waals surface area (Å²) in [5, 5.41) is 0. The lowest BCUT2D eigenvalue weighted by Gasteiger charge is -2.26. The number of hydrogen-bond donors (Lipinski definition) is 1. The number of amides is 1. The molecule has 1 aromatic rings. The molecule has 1 aliphatic heterocycles. The van der Waals surface area contributed by atoms with Crippen LogP contribution in [0, 0.1) is 11.8 Å². The van der Waals surface area contributed by atoms with Crippen molar-refractivity contribution in [1.29, 1.82) is 0 Å². The monoisotopic (exact) mass is 293 g/mol. The SMILES string of the molecule is NCC#Cc1ccc(C(=O)N2CCS(=O)(=O)CC2)nc1. The summed E-state index contributed by atoms with van der Waals surface area (Å²) in [6, 6.07) is 3.29. The highest BCUT2D eigenvalue weighted by Crippen LogP contribution is 2.09. The van der Waals surface area contributed by atoms with Gasteiger partial charge in [-0.05, 0) is 12.1 Å². The molecule has 0 saturated carbocycles. The van der Waals surface area contributed by atoms with Crippen molar-refractivity contribution >= 4 is 15.7 Å². The molecule has 1 aromatic heterocycles. The summed E-state index contributed by atoms with van der Waals surface area (Å²) in [5.74, 6) is 5.29. The number of carbonyl (C=O) groups excluding carboxylic acids is 1. The smallest absolute Gasteiger partial charge is 0.272 e. The van der Waals surface area contributed by atoms with Crippen molar-refractivity contribution in [3.8, 4) is 11.8 Å². The predicted molar refractivity (Wildman–Crippen MR) is 74.7 cm³/mol. The largest absolute Gasteiger partial charge is 0.335 e. The molecule has 0 aliphatic carbocycles. The number of carbonyl (C=O) groups is 1. The quantitative estimate of drug-likeness (QED) is 0.689. The lowest BCUT2D eigenvalue weighted by Crippen LogP contribution is -2.43. The van der Waals surface area contributed by atoms with Gasteiger partial charge in [0.15, 0.2) is 9.84 Å². The first-order chi connectivity index (χ1) is 9.52. The summed E-state index contributed by atoms with van der Waals surface area (Å²) in [5.41, 5.74) is 6.25. The lowest BCUT2D eigenvalue weighted by atomic mass is 10.2. The molecule has 1 fully saturated rings. The third-order valence-electron chi connectivity index (χ3n) is 2.95. The van der Waals surface area contributed by atoms with Gasteiger partial charge in [0.05, 0.1) is 18.1 Å². The van der Waals surface area contributed by atoms with Crippen LogP contribution in [0.5, 0.6) is 0 Å². The van der Waals surface area contributed by atoms with Gasteiger partial charge < -0.3 is 10.6 Å². The second-order valence-corrected chi connectivity index (χ2v) is 6.69. The molecule has 1 amide bonds. The van der Waals surface area contributed by atoms with E-state index >= 15 is 0 Å². The van der Waals surface area contributed by atoms with Crippen LogP contribution in [0.4, 0.5) is 0 Å². The number of sulfone groups is 1. The van der Waals surface area contributed by atoms with Crippen LogP contribution in [0.25, 0.3) is 0 Å². The number of nitrogens with zero attached hydrogens (tertiary/aromatic N) is 2. The van der Waals surface area contributed by atoms with E-state index in [9.17, 15) is 13.2 Å². The van der Waals surface area contributed by atoms with Crippen LogP contribution >= 0.6 is 0 Å². The minimum absolute atomic E-state index is 0.0127. The summed E-state index contributed by atoms with van der Waals surface area (Å²) < 4.78 is 22.6. The number of aromatic nitrogens is 1. The predicted octanol–water partition coefficient (Wildman–Crippen LogP) is -0.738. The normalized spacial score (nSPS) is 17.1. The molecule has 1 saturated heterocycles. The van der Waals surface area contributed by atoms with Gasteiger partial charge in [0.25, 0.3) is 5.91 Å². The van der Waals surface area contributed by atoms with E-state index in [1.54, 1.807) is 12.1 Å². The van der Waals surface area contributed by atoms with Gasteiger partial charge in [-0.2, -0.15) is 0 Å². The fourth-order valence-electron chi connectivity index (χ4n) is 1.82. The Hall–Kier alpha value is -1.91. The molecular formula is C13H15N3O3S. The third-order valence-corrected chi connectivity index (χ3v) is 4.56. The van der Waals surface area contributed by atoms with Crippen LogP contribution in [0.15, 0.2) is 18.3 Å². The van der Waals surface area contributed by atoms with Crippen molar-refractivity contribution in [2.75, 3.05) is 31.1 Å². The molecule has 7 heteroatoms. The van der Waals surface area contributed by atoms with E-state index in [2.05, 4.69) is 16.8 Å². The highest BCUT2D eigenvalue weighted by Gasteiger charge is 2.26. The molecule has 2 rings (SSSR count). The Morgan fingerprint density at radius 2 is 2.05 bits per heavy atom. The molecule has 1 aliphatic rings. The zero-order valence-corrected chi connectivity index (χ0v) is 11.7. The van der Waals surface area contributed by atoms with Crippen molar-refractivity contribution in [1.82, 2.24) is 9.88 Å². The summed E-state index contributed by atoms with van der Waals surface area (Å²) in [6.07, 6.45) is 1.51. The topological polar surface area (TPSA) is 93.4 Å². The summed E-state index contributed by atoms with van der Waals surface area (Å²) in [7, 11) is -2.99. The molecule has 2 heterocycles. The van der Waals surface area contributed by atoms with Gasteiger partial charge in [-0.25, -0.2) is 13.4 Å². The van der Waals surface area contributed by atoms with E-state index in [1.165, 1.54) is 11.1 Å². The van der Waals surface area contributed by atoms with E-state index in [0.29, 0.717) is 11.3 Å². The first kappa shape index (κ1) is 14.5. The Bertz CT molecular complexity index is 642. The van der Waals surface area contributed by atoms with Gasteiger partial charge in [-0.1, -0.05) is 11.8 Å². The number of rotatable bonds is 1. The molecule has 0 spiro atoms. The van der Waals surface area contributed by atoms with E-state index in [0.717, 1.165) is 0 Å². The number of hydrogen-bond acceptors (Lipinski definition) is 5. The molecule has 6 nitrogen and oxygen atoms in total. The fourth-order valence-corrected chi connectivity index (χ4v) is 3.03. The lowest BCUT2D eigenvalue weighted by molar-refractivity contribution is 0.0764. The van der Waals surface area contributed by atoms with Gasteiger partial charge in [-0.15, -0.1) is 0 Å². The van der Waals surface area contributed by atoms with Crippen LogP contribution in [-0.4, -0.2) is 55.3 Å². The van der Waals surface area contributed by atoms with Crippen LogP contribution in [0.2, 0.25) is 0 Å². The van der Waals surface area contributed by atoms with E-state index < -0.39 is 9.84 Å². The Balaban J connectivity index is 2.06. The Labute approximate surface area is 117 Å². The number of pyridine rings is 1. The van der Waals surface area contributed by atoms with Gasteiger partial charge in [0, 0.05) is 24.8 Å². The first-order valence-corrected chi connectivity index (χ1v) is 7.99. The van der Waals surface area contributed by atoms with Gasteiger partial charge in [0.2, 0.25) is 0 Å².